The number of hydrogen-bond acceptors (Lipinski definition) is 0. The SMILES string of the molecule is CCC[P@@]1P[C@@H]1C. The minimum absolute atomic E-state index is 0.616. The summed E-state index contributed by atoms with van der Waals surface area (Å²) in [5, 5.41) is 1.16. The van der Waals surface area contributed by atoms with E-state index in [1.807, 2.05) is 0 Å². The summed E-state index contributed by atoms with van der Waals surface area (Å²) >= 11 is 0. The highest BCUT2D eigenvalue weighted by Gasteiger charge is 2.30. The van der Waals surface area contributed by atoms with E-state index in [0.717, 1.165) is 5.40 Å². The van der Waals surface area contributed by atoms with Crippen molar-refractivity contribution in [1.29, 1.82) is 0 Å². The highest BCUT2D eigenvalue weighted by molar-refractivity contribution is 8.38. The van der Waals surface area contributed by atoms with Gasteiger partial charge in [0.25, 0.3) is 0 Å². The van der Waals surface area contributed by atoms with Crippen molar-refractivity contribution < 1.29 is 0 Å². The van der Waals surface area contributed by atoms with Crippen LogP contribution in [0.4, 0.5) is 0 Å². The lowest BCUT2D eigenvalue weighted by molar-refractivity contribution is 1.10. The molecular formula is C5H12P2. The van der Waals surface area contributed by atoms with Crippen molar-refractivity contribution in [1.82, 2.24) is 0 Å². The van der Waals surface area contributed by atoms with Gasteiger partial charge in [-0.3, -0.25) is 0 Å². The van der Waals surface area contributed by atoms with Crippen LogP contribution in [-0.4, -0.2) is 11.6 Å². The van der Waals surface area contributed by atoms with E-state index < -0.39 is 0 Å². The molecule has 0 bridgehead atoms. The Morgan fingerprint density at radius 3 is 2.43 bits per heavy atom. The average Bonchev–Trinajstić information content (AvgIpc) is 2.22. The van der Waals surface area contributed by atoms with E-state index >= 15 is 0 Å². The van der Waals surface area contributed by atoms with Crippen molar-refractivity contribution in [2.45, 2.75) is 25.7 Å². The maximum atomic E-state index is 2.39. The molecule has 0 aliphatic carbocycles. The molecule has 0 aromatic rings. The van der Waals surface area contributed by atoms with E-state index in [0.29, 0.717) is 7.61 Å². The van der Waals surface area contributed by atoms with Gasteiger partial charge in [0.05, 0.1) is 0 Å². The van der Waals surface area contributed by atoms with Crippen LogP contribution in [0.5, 0.6) is 0 Å². The summed E-state index contributed by atoms with van der Waals surface area (Å²) in [6.07, 6.45) is 2.97. The molecule has 3 atom stereocenters. The van der Waals surface area contributed by atoms with Crippen LogP contribution in [0.25, 0.3) is 0 Å². The summed E-state index contributed by atoms with van der Waals surface area (Å²) in [5.74, 6) is 0. The van der Waals surface area contributed by atoms with Crippen molar-refractivity contribution in [2.24, 2.45) is 0 Å². The van der Waals surface area contributed by atoms with Gasteiger partial charge >= 0.3 is 0 Å². The zero-order valence-electron chi connectivity index (χ0n) is 4.94. The van der Waals surface area contributed by atoms with Crippen LogP contribution in [0.2, 0.25) is 0 Å². The molecule has 0 radical (unpaired) electrons. The number of hydrogen-bond donors (Lipinski definition) is 0. The van der Waals surface area contributed by atoms with Crippen LogP contribution in [0.3, 0.4) is 0 Å². The van der Waals surface area contributed by atoms with Gasteiger partial charge in [0, 0.05) is 5.40 Å². The van der Waals surface area contributed by atoms with Gasteiger partial charge in [-0.1, -0.05) is 36.1 Å². The summed E-state index contributed by atoms with van der Waals surface area (Å²) < 4.78 is 0. The van der Waals surface area contributed by atoms with Gasteiger partial charge in [0.1, 0.15) is 0 Å². The van der Waals surface area contributed by atoms with E-state index in [9.17, 15) is 0 Å². The Hall–Kier alpha value is 0.860. The molecule has 0 amide bonds. The van der Waals surface area contributed by atoms with Crippen molar-refractivity contribution in [3.05, 3.63) is 0 Å². The summed E-state index contributed by atoms with van der Waals surface area (Å²) in [6.45, 7) is 4.68. The van der Waals surface area contributed by atoms with Crippen LogP contribution < -0.4 is 0 Å². The first kappa shape index (κ1) is 5.99. The first-order chi connectivity index (χ1) is 3.34. The van der Waals surface area contributed by atoms with Gasteiger partial charge in [-0.15, -0.1) is 0 Å². The Balaban J connectivity index is 1.98. The Kier molecular flexibility index (Phi) is 2.07. The molecule has 1 aliphatic rings. The topological polar surface area (TPSA) is 0 Å². The second-order valence-electron chi connectivity index (χ2n) is 2.00. The molecule has 0 nitrogen and oxygen atoms in total. The van der Waals surface area contributed by atoms with Crippen LogP contribution in [0, 0.1) is 0 Å². The Labute approximate surface area is 48.5 Å². The van der Waals surface area contributed by atoms with Gasteiger partial charge in [0.2, 0.25) is 0 Å². The largest absolute Gasteiger partial charge is 0.0878 e. The summed E-state index contributed by atoms with van der Waals surface area (Å²) in [5.41, 5.74) is 0. The van der Waals surface area contributed by atoms with Gasteiger partial charge in [0.15, 0.2) is 0 Å². The second-order valence-corrected chi connectivity index (χ2v) is 8.27. The monoisotopic (exact) mass is 134 g/mol. The molecule has 1 rings (SSSR count). The molecule has 7 heavy (non-hydrogen) atoms. The molecule has 0 aromatic carbocycles. The molecule has 1 unspecified atom stereocenters. The molecule has 0 saturated carbocycles. The Bertz CT molecular complexity index is 63.1. The van der Waals surface area contributed by atoms with Crippen molar-refractivity contribution in [2.75, 3.05) is 6.16 Å². The van der Waals surface area contributed by atoms with Crippen molar-refractivity contribution in [3.8, 4) is 0 Å². The van der Waals surface area contributed by atoms with Gasteiger partial charge in [-0.05, 0) is 6.16 Å². The lowest BCUT2D eigenvalue weighted by atomic mass is 10.6. The van der Waals surface area contributed by atoms with E-state index in [4.69, 9.17) is 0 Å². The normalized spacial score (nSPS) is 42.0. The first-order valence-electron chi connectivity index (χ1n) is 2.87. The van der Waals surface area contributed by atoms with Crippen LogP contribution in [0.15, 0.2) is 0 Å². The molecule has 1 aliphatic heterocycles. The van der Waals surface area contributed by atoms with Gasteiger partial charge in [-0.25, -0.2) is 0 Å². The highest BCUT2D eigenvalue weighted by atomic mass is 32.1. The van der Waals surface area contributed by atoms with Crippen LogP contribution in [-0.2, 0) is 0 Å². The molecule has 1 fully saturated rings. The Morgan fingerprint density at radius 2 is 2.29 bits per heavy atom. The van der Waals surface area contributed by atoms with Crippen LogP contribution >= 0.6 is 15.9 Å². The molecular weight excluding hydrogens is 122 g/mol. The molecule has 0 spiro atoms. The maximum absolute atomic E-state index is 2.39. The average molecular weight is 134 g/mol. The van der Waals surface area contributed by atoms with E-state index in [-0.39, 0.29) is 0 Å². The zero-order valence-corrected chi connectivity index (χ0v) is 6.83. The summed E-state index contributed by atoms with van der Waals surface area (Å²) in [7, 11) is 1.99. The van der Waals surface area contributed by atoms with Crippen molar-refractivity contribution >= 4 is 15.9 Å². The Morgan fingerprint density at radius 1 is 1.71 bits per heavy atom. The molecule has 2 heteroatoms. The fourth-order valence-electron chi connectivity index (χ4n) is 0.706. The fourth-order valence-corrected chi connectivity index (χ4v) is 5.54. The van der Waals surface area contributed by atoms with Crippen molar-refractivity contribution in [3.63, 3.8) is 0 Å². The highest BCUT2D eigenvalue weighted by Crippen LogP contribution is 2.82. The predicted octanol–water partition coefficient (Wildman–Crippen LogP) is 2.83. The quantitative estimate of drug-likeness (QED) is 0.509. The van der Waals surface area contributed by atoms with E-state index in [1.165, 1.54) is 14.7 Å². The summed E-state index contributed by atoms with van der Waals surface area (Å²) in [6, 6.07) is 0. The predicted molar refractivity (Wildman–Crippen MR) is 39.9 cm³/mol. The molecule has 1 saturated heterocycles. The third-order valence-corrected chi connectivity index (χ3v) is 7.74. The first-order valence-corrected chi connectivity index (χ1v) is 6.39. The summed E-state index contributed by atoms with van der Waals surface area (Å²) in [4.78, 5) is 0. The lowest BCUT2D eigenvalue weighted by Gasteiger charge is -1.86. The number of rotatable bonds is 2. The van der Waals surface area contributed by atoms with Crippen LogP contribution in [0.1, 0.15) is 20.3 Å². The lowest BCUT2D eigenvalue weighted by Crippen LogP contribution is -1.68. The minimum atomic E-state index is 0.616. The molecule has 0 N–H and O–H groups in total. The zero-order chi connectivity index (χ0) is 5.28. The minimum Gasteiger partial charge on any atom is -0.0878 e. The van der Waals surface area contributed by atoms with Gasteiger partial charge < -0.3 is 0 Å². The standard InChI is InChI=1S/C5H12P2/c1-3-4-7-5(2)6-7/h5-6H,3-4H2,1-2H3/t5-,7+/m0/s1. The van der Waals surface area contributed by atoms with Gasteiger partial charge in [-0.2, -0.15) is 0 Å². The molecule has 0 aromatic heterocycles. The molecule has 1 heterocycles. The smallest absolute Gasteiger partial charge is 0.00139 e. The fraction of sp³-hybridized carbons (Fsp3) is 1.00. The van der Waals surface area contributed by atoms with E-state index in [1.54, 1.807) is 6.16 Å². The third kappa shape index (κ3) is 1.67. The second kappa shape index (κ2) is 2.42. The molecule has 42 valence electrons. The maximum Gasteiger partial charge on any atom is 0.00139 e. The third-order valence-electron chi connectivity index (χ3n) is 1.22. The van der Waals surface area contributed by atoms with E-state index in [2.05, 4.69) is 13.8 Å².